The number of pyridine rings is 2. The molecule has 10 heteroatoms. The van der Waals surface area contributed by atoms with Gasteiger partial charge in [-0.1, -0.05) is 44.5 Å². The van der Waals surface area contributed by atoms with Crippen molar-refractivity contribution in [1.29, 1.82) is 5.26 Å². The van der Waals surface area contributed by atoms with Crippen molar-refractivity contribution in [2.75, 3.05) is 17.2 Å². The summed E-state index contributed by atoms with van der Waals surface area (Å²) in [4.78, 5) is 8.84. The Morgan fingerprint density at radius 2 is 1.98 bits per heavy atom. The van der Waals surface area contributed by atoms with Crippen molar-refractivity contribution >= 4 is 44.8 Å². The van der Waals surface area contributed by atoms with E-state index in [0.29, 0.717) is 33.9 Å². The lowest BCUT2D eigenvalue weighted by atomic mass is 9.49. The van der Waals surface area contributed by atoms with Crippen LogP contribution in [0, 0.1) is 28.5 Å². The van der Waals surface area contributed by atoms with E-state index < -0.39 is 6.04 Å². The van der Waals surface area contributed by atoms with Crippen LogP contribution in [0.3, 0.4) is 0 Å². The molecule has 4 aromatic rings. The fourth-order valence-electron chi connectivity index (χ4n) is 6.33. The van der Waals surface area contributed by atoms with E-state index in [9.17, 15) is 9.65 Å². The van der Waals surface area contributed by atoms with Gasteiger partial charge in [-0.25, -0.2) is 4.39 Å². The zero-order chi connectivity index (χ0) is 29.2. The monoisotopic (exact) mass is 582 g/mol. The molecule has 4 N–H and O–H groups in total. The molecule has 2 aromatic heterocycles. The highest BCUT2D eigenvalue weighted by molar-refractivity contribution is 6.35. The van der Waals surface area contributed by atoms with Crippen LogP contribution >= 0.6 is 11.6 Å². The smallest absolute Gasteiger partial charge is 0.149 e. The minimum absolute atomic E-state index is 0.00929. The summed E-state index contributed by atoms with van der Waals surface area (Å²) in [7, 11) is 0. The summed E-state index contributed by atoms with van der Waals surface area (Å²) in [5.41, 5.74) is 11.5. The third-order valence-electron chi connectivity index (χ3n) is 8.63. The van der Waals surface area contributed by atoms with Gasteiger partial charge in [0.1, 0.15) is 17.4 Å². The molecule has 2 aromatic carbocycles. The van der Waals surface area contributed by atoms with Gasteiger partial charge < -0.3 is 16.1 Å². The van der Waals surface area contributed by atoms with Crippen molar-refractivity contribution in [3.8, 4) is 6.07 Å². The number of anilines is 2. The number of nitriles is 1. The molecule has 0 unspecified atom stereocenters. The highest BCUT2D eigenvalue weighted by Crippen LogP contribution is 2.60. The summed E-state index contributed by atoms with van der Waals surface area (Å²) in [5, 5.41) is 21.1. The van der Waals surface area contributed by atoms with Gasteiger partial charge in [0, 0.05) is 41.6 Å². The fraction of sp³-hybridized carbons (Fsp3) is 0.344. The van der Waals surface area contributed by atoms with E-state index in [1.165, 1.54) is 25.3 Å². The summed E-state index contributed by atoms with van der Waals surface area (Å²) < 4.78 is 14.8. The summed E-state index contributed by atoms with van der Waals surface area (Å²) >= 11 is 6.82. The minimum atomic E-state index is -0.395. The summed E-state index contributed by atoms with van der Waals surface area (Å²) in [6.07, 6.45) is 8.84. The van der Waals surface area contributed by atoms with Crippen LogP contribution in [-0.4, -0.2) is 27.1 Å². The Morgan fingerprint density at radius 3 is 2.69 bits per heavy atom. The van der Waals surface area contributed by atoms with Gasteiger partial charge in [-0.2, -0.15) is 5.26 Å². The van der Waals surface area contributed by atoms with Crippen molar-refractivity contribution in [2.45, 2.75) is 51.6 Å². The lowest BCUT2D eigenvalue weighted by Gasteiger charge is -2.64. The number of rotatable bonds is 7. The molecule has 8 nitrogen and oxygen atoms in total. The van der Waals surface area contributed by atoms with E-state index in [2.05, 4.69) is 69.6 Å². The molecule has 0 spiro atoms. The second-order valence-corrected chi connectivity index (χ2v) is 13.3. The van der Waals surface area contributed by atoms with Crippen LogP contribution in [0.25, 0.3) is 21.8 Å². The topological polar surface area (TPSA) is 101 Å². The van der Waals surface area contributed by atoms with Crippen LogP contribution in [0.1, 0.15) is 57.2 Å². The van der Waals surface area contributed by atoms with Gasteiger partial charge in [0.05, 0.1) is 39.1 Å². The zero-order valence-corrected chi connectivity index (χ0v) is 24.5. The summed E-state index contributed by atoms with van der Waals surface area (Å²) in [5.74, 6) is 0.464. The van der Waals surface area contributed by atoms with Crippen LogP contribution in [0.15, 0.2) is 60.7 Å². The Kier molecular flexibility index (Phi) is 6.19. The molecule has 0 radical (unpaired) electrons. The number of aromatic nitrogens is 2. The van der Waals surface area contributed by atoms with Crippen LogP contribution in [0.4, 0.5) is 15.8 Å². The average molecular weight is 583 g/mol. The third-order valence-corrected chi connectivity index (χ3v) is 8.92. The molecule has 42 heavy (non-hydrogen) atoms. The normalized spacial score (nSPS) is 21.7. The Labute approximate surface area is 248 Å². The van der Waals surface area contributed by atoms with Crippen LogP contribution in [0.5, 0.6) is 0 Å². The fourth-order valence-corrected chi connectivity index (χ4v) is 6.60. The quantitative estimate of drug-likeness (QED) is 0.189. The highest BCUT2D eigenvalue weighted by Gasteiger charge is 2.60. The Bertz CT molecular complexity index is 1790. The molecule has 3 aliphatic carbocycles. The van der Waals surface area contributed by atoms with E-state index in [1.807, 2.05) is 24.3 Å². The molecule has 0 amide bonds. The molecule has 3 heterocycles. The molecule has 0 saturated heterocycles. The highest BCUT2D eigenvalue weighted by atomic mass is 35.5. The molecular formula is C32H32ClFN8. The number of hydrogen-bond donors (Lipinski definition) is 4. The Morgan fingerprint density at radius 1 is 1.17 bits per heavy atom. The van der Waals surface area contributed by atoms with Crippen molar-refractivity contribution in [2.24, 2.45) is 11.3 Å². The summed E-state index contributed by atoms with van der Waals surface area (Å²) in [6.45, 7) is 7.06. The van der Waals surface area contributed by atoms with Crippen molar-refractivity contribution in [1.82, 2.24) is 25.9 Å². The van der Waals surface area contributed by atoms with Gasteiger partial charge >= 0.3 is 0 Å². The van der Waals surface area contributed by atoms with Crippen LogP contribution < -0.4 is 21.6 Å². The SMILES string of the molecule is CC(C)(C)CNc1c(C#N)cnc2c(Cl)cc(N[C@H](C3=CN(C45CC(C4)C5)NN3)c3ccc(F)c4ncccc34)cc12. The Hall–Kier alpha value is -4.13. The number of hydrogen-bond acceptors (Lipinski definition) is 8. The van der Waals surface area contributed by atoms with E-state index in [0.717, 1.165) is 33.6 Å². The Balaban J connectivity index is 1.33. The lowest BCUT2D eigenvalue weighted by molar-refractivity contribution is -0.141. The number of halogens is 2. The second kappa shape index (κ2) is 9.72. The number of hydrazine groups is 2. The predicted octanol–water partition coefficient (Wildman–Crippen LogP) is 6.78. The maximum atomic E-state index is 14.8. The van der Waals surface area contributed by atoms with Crippen molar-refractivity contribution in [3.63, 3.8) is 0 Å². The molecule has 4 aliphatic rings. The minimum Gasteiger partial charge on any atom is -0.383 e. The third kappa shape index (κ3) is 4.46. The molecule has 3 saturated carbocycles. The maximum Gasteiger partial charge on any atom is 0.149 e. The molecule has 1 atom stereocenters. The van der Waals surface area contributed by atoms with E-state index >= 15 is 0 Å². The first-order valence-corrected chi connectivity index (χ1v) is 14.6. The van der Waals surface area contributed by atoms with Gasteiger partial charge in [-0.05, 0) is 60.4 Å². The van der Waals surface area contributed by atoms with Gasteiger partial charge in [-0.3, -0.25) is 15.0 Å². The molecule has 3 fully saturated rings. The molecule has 1 aliphatic heterocycles. The van der Waals surface area contributed by atoms with E-state index in [-0.39, 0.29) is 16.8 Å². The van der Waals surface area contributed by atoms with Gasteiger partial charge in [0.2, 0.25) is 0 Å². The standard InChI is InChI=1S/C32H32ClFN8/c1-31(2,3)17-38-27-19(14-35)15-37-28-23(27)9-20(10-24(28)33)39-30(22-6-7-25(34)29-21(22)5-4-8-36-29)26-16-42(41-40-26)32-11-18(12-32)13-32/h4-10,15-16,18,30,39-41H,11-13,17H2,1-3H3,(H,37,38)/t18?,30-,32?/m0/s1. The van der Waals surface area contributed by atoms with Crippen molar-refractivity contribution < 1.29 is 4.39 Å². The largest absolute Gasteiger partial charge is 0.383 e. The number of nitrogens with zero attached hydrogens (tertiary/aromatic N) is 4. The first-order valence-electron chi connectivity index (χ1n) is 14.2. The zero-order valence-electron chi connectivity index (χ0n) is 23.7. The molecular weight excluding hydrogens is 551 g/mol. The van der Waals surface area contributed by atoms with Gasteiger partial charge in [0.25, 0.3) is 0 Å². The lowest BCUT2D eigenvalue weighted by Crippen LogP contribution is -2.69. The number of nitrogens with one attached hydrogen (secondary N) is 4. The van der Waals surface area contributed by atoms with Gasteiger partial charge in [0.15, 0.2) is 0 Å². The molecule has 2 bridgehead atoms. The predicted molar refractivity (Wildman–Crippen MR) is 164 cm³/mol. The van der Waals surface area contributed by atoms with Gasteiger partial charge in [-0.15, -0.1) is 5.53 Å². The first kappa shape index (κ1) is 26.7. The molecule has 8 rings (SSSR count). The second-order valence-electron chi connectivity index (χ2n) is 12.9. The number of benzene rings is 2. The van der Waals surface area contributed by atoms with E-state index in [4.69, 9.17) is 11.6 Å². The van der Waals surface area contributed by atoms with Crippen LogP contribution in [-0.2, 0) is 0 Å². The van der Waals surface area contributed by atoms with Crippen molar-refractivity contribution in [3.05, 3.63) is 82.7 Å². The number of fused-ring (bicyclic) bond motifs is 2. The summed E-state index contributed by atoms with van der Waals surface area (Å²) in [6, 6.07) is 12.7. The first-order chi connectivity index (χ1) is 20.1. The average Bonchev–Trinajstić information content (AvgIpc) is 3.38. The van der Waals surface area contributed by atoms with E-state index in [1.54, 1.807) is 18.5 Å². The molecule has 214 valence electrons. The van der Waals surface area contributed by atoms with Crippen LogP contribution in [0.2, 0.25) is 5.02 Å². The maximum absolute atomic E-state index is 14.8.